The second-order valence-corrected chi connectivity index (χ2v) is 6.97. The molecule has 0 aliphatic carbocycles. The summed E-state index contributed by atoms with van der Waals surface area (Å²) in [6, 6.07) is 13.0. The Kier molecular flexibility index (Phi) is 12.7. The molecule has 8 heteroatoms. The average Bonchev–Trinajstić information content (AvgIpc) is 3.51. The highest BCUT2D eigenvalue weighted by atomic mass is 35.5. The van der Waals surface area contributed by atoms with Crippen molar-refractivity contribution in [2.24, 2.45) is 7.05 Å². The lowest BCUT2D eigenvalue weighted by Gasteiger charge is -1.96. The van der Waals surface area contributed by atoms with Crippen LogP contribution in [0.4, 0.5) is 8.78 Å². The summed E-state index contributed by atoms with van der Waals surface area (Å²) in [4.78, 5) is 4.02. The van der Waals surface area contributed by atoms with Crippen molar-refractivity contribution in [3.8, 4) is 0 Å². The molecule has 0 saturated carbocycles. The van der Waals surface area contributed by atoms with Crippen LogP contribution in [0.2, 0.25) is 5.02 Å². The van der Waals surface area contributed by atoms with E-state index in [1.165, 1.54) is 12.1 Å². The third kappa shape index (κ3) is 10.0. The first-order valence-corrected chi connectivity index (χ1v) is 10.7. The number of rotatable bonds is 4. The molecule has 1 aliphatic rings. The Balaban J connectivity index is 0.000000221. The molecular weight excluding hydrogens is 428 g/mol. The van der Waals surface area contributed by atoms with Gasteiger partial charge in [0.2, 0.25) is 0 Å². The number of benzene rings is 2. The molecule has 0 amide bonds. The third-order valence-corrected chi connectivity index (χ3v) is 4.66. The zero-order valence-corrected chi connectivity index (χ0v) is 18.8. The van der Waals surface area contributed by atoms with Gasteiger partial charge in [-0.1, -0.05) is 67.6 Å². The number of nitrogens with zero attached hydrogens (tertiary/aromatic N) is 3. The van der Waals surface area contributed by atoms with Gasteiger partial charge in [-0.15, -0.1) is 6.58 Å². The molecule has 0 radical (unpaired) electrons. The highest BCUT2D eigenvalue weighted by Crippen LogP contribution is 2.31. The fourth-order valence-electron chi connectivity index (χ4n) is 1.95. The Morgan fingerprint density at radius 3 is 2.33 bits per heavy atom. The van der Waals surface area contributed by atoms with Crippen molar-refractivity contribution in [2.75, 3.05) is 12.4 Å². The maximum atomic E-state index is 12.8. The molecule has 0 bridgehead atoms. The number of halogens is 3. The van der Waals surface area contributed by atoms with Crippen LogP contribution in [0.15, 0.2) is 72.7 Å². The lowest BCUT2D eigenvalue weighted by molar-refractivity contribution is 0.407. The third-order valence-electron chi connectivity index (χ3n) is 3.38. The van der Waals surface area contributed by atoms with E-state index in [2.05, 4.69) is 16.7 Å². The predicted molar refractivity (Wildman–Crippen MR) is 120 cm³/mol. The summed E-state index contributed by atoms with van der Waals surface area (Å²) in [6.45, 7) is 8.16. The summed E-state index contributed by atoms with van der Waals surface area (Å²) in [5.41, 5.74) is 0.450. The maximum absolute atomic E-state index is 12.8. The van der Waals surface area contributed by atoms with Crippen molar-refractivity contribution in [3.63, 3.8) is 0 Å². The van der Waals surface area contributed by atoms with Gasteiger partial charge in [-0.05, 0) is 18.2 Å². The largest absolute Gasteiger partial charge is 0.368 e. The van der Waals surface area contributed by atoms with Crippen LogP contribution in [0.1, 0.15) is 25.5 Å². The van der Waals surface area contributed by atoms with Crippen LogP contribution in [0.25, 0.3) is 0 Å². The molecule has 2 heterocycles. The Morgan fingerprint density at radius 1 is 1.23 bits per heavy atom. The highest BCUT2D eigenvalue weighted by molar-refractivity contribution is 7.99. The number of aromatic nitrogens is 3. The van der Waals surface area contributed by atoms with Crippen LogP contribution >= 0.6 is 23.4 Å². The number of aryl methyl sites for hydroxylation is 1. The van der Waals surface area contributed by atoms with Crippen LogP contribution in [-0.2, 0) is 11.8 Å². The van der Waals surface area contributed by atoms with Gasteiger partial charge in [0.05, 0.1) is 6.61 Å². The molecule has 1 aliphatic heterocycles. The average molecular weight is 454 g/mol. The summed E-state index contributed by atoms with van der Waals surface area (Å²) >= 11 is 7.16. The first-order chi connectivity index (χ1) is 14.5. The maximum Gasteiger partial charge on any atom is 0.186 e. The summed E-state index contributed by atoms with van der Waals surface area (Å²) < 4.78 is 31.8. The van der Waals surface area contributed by atoms with E-state index in [1.807, 2.05) is 57.3 Å². The van der Waals surface area contributed by atoms with E-state index in [0.29, 0.717) is 12.2 Å². The Bertz CT molecular complexity index is 874. The lowest BCUT2D eigenvalue weighted by Crippen LogP contribution is -1.92. The lowest BCUT2D eigenvalue weighted by atomic mass is 10.1. The number of epoxide rings is 1. The molecule has 162 valence electrons. The second-order valence-electron chi connectivity index (χ2n) is 5.55. The molecule has 4 nitrogen and oxygen atoms in total. The fourth-order valence-corrected chi connectivity index (χ4v) is 2.72. The SMILES string of the molecule is C=CCSc1ncnn1C.CC.Clc1ccccc1.Fc1ccc([C@@H]2CO2)c(F)c1. The zero-order valence-electron chi connectivity index (χ0n) is 17.3. The molecular formula is C22H26ClF2N3OS. The van der Waals surface area contributed by atoms with Gasteiger partial charge in [0, 0.05) is 29.5 Å². The van der Waals surface area contributed by atoms with Gasteiger partial charge < -0.3 is 4.74 Å². The molecule has 2 aromatic carbocycles. The van der Waals surface area contributed by atoms with E-state index >= 15 is 0 Å². The van der Waals surface area contributed by atoms with E-state index in [9.17, 15) is 8.78 Å². The van der Waals surface area contributed by atoms with Crippen molar-refractivity contribution < 1.29 is 13.5 Å². The van der Waals surface area contributed by atoms with E-state index in [-0.39, 0.29) is 6.10 Å². The second kappa shape index (κ2) is 14.7. The normalized spacial score (nSPS) is 13.5. The Hall–Kier alpha value is -2.22. The van der Waals surface area contributed by atoms with Gasteiger partial charge in [0.15, 0.2) is 5.16 Å². The summed E-state index contributed by atoms with van der Waals surface area (Å²) in [6.07, 6.45) is 3.25. The summed E-state index contributed by atoms with van der Waals surface area (Å²) in [5, 5.41) is 5.64. The van der Waals surface area contributed by atoms with Gasteiger partial charge in [0.1, 0.15) is 24.1 Å². The monoisotopic (exact) mass is 453 g/mol. The molecule has 1 atom stereocenters. The molecule has 1 aromatic heterocycles. The highest BCUT2D eigenvalue weighted by Gasteiger charge is 2.27. The van der Waals surface area contributed by atoms with Gasteiger partial charge >= 0.3 is 0 Å². The number of hydrogen-bond acceptors (Lipinski definition) is 4. The minimum Gasteiger partial charge on any atom is -0.368 e. The van der Waals surface area contributed by atoms with Crippen molar-refractivity contribution in [1.82, 2.24) is 14.8 Å². The van der Waals surface area contributed by atoms with Crippen molar-refractivity contribution >= 4 is 23.4 Å². The smallest absolute Gasteiger partial charge is 0.186 e. The number of thioether (sulfide) groups is 1. The standard InChI is InChI=1S/C8H6F2O.C6H5Cl.C6H9N3S.C2H6/c9-5-1-2-6(7(10)3-5)8-4-11-8;7-6-4-2-1-3-5-6;1-3-4-10-6-7-5-8-9(6)2;1-2/h1-3,8H,4H2;1-5H;3,5H,1,4H2,2H3;1-2H3/t8-;;;/m0.../s1. The van der Waals surface area contributed by atoms with E-state index < -0.39 is 11.6 Å². The van der Waals surface area contributed by atoms with Crippen LogP contribution < -0.4 is 0 Å². The van der Waals surface area contributed by atoms with Gasteiger partial charge in [-0.25, -0.2) is 18.4 Å². The van der Waals surface area contributed by atoms with Crippen molar-refractivity contribution in [2.45, 2.75) is 25.1 Å². The van der Waals surface area contributed by atoms with Crippen LogP contribution in [0, 0.1) is 11.6 Å². The predicted octanol–water partition coefficient (Wildman–Crippen LogP) is 6.50. The fraction of sp³-hybridized carbons (Fsp3) is 0.273. The summed E-state index contributed by atoms with van der Waals surface area (Å²) in [7, 11) is 1.87. The molecule has 1 saturated heterocycles. The first-order valence-electron chi connectivity index (χ1n) is 9.36. The number of hydrogen-bond donors (Lipinski definition) is 0. The molecule has 30 heavy (non-hydrogen) atoms. The van der Waals surface area contributed by atoms with Crippen LogP contribution in [0.3, 0.4) is 0 Å². The van der Waals surface area contributed by atoms with Gasteiger partial charge in [-0.2, -0.15) is 5.10 Å². The molecule has 3 aromatic rings. The quantitative estimate of drug-likeness (QED) is 0.257. The van der Waals surface area contributed by atoms with Crippen LogP contribution in [0.5, 0.6) is 0 Å². The van der Waals surface area contributed by atoms with Crippen molar-refractivity contribution in [1.29, 1.82) is 0 Å². The molecule has 1 fully saturated rings. The van der Waals surface area contributed by atoms with Gasteiger partial charge in [-0.3, -0.25) is 0 Å². The Labute approximate surface area is 185 Å². The van der Waals surface area contributed by atoms with Crippen LogP contribution in [-0.4, -0.2) is 27.1 Å². The van der Waals surface area contributed by atoms with E-state index in [4.69, 9.17) is 16.3 Å². The van der Waals surface area contributed by atoms with Gasteiger partial charge in [0.25, 0.3) is 0 Å². The number of ether oxygens (including phenoxy) is 1. The Morgan fingerprint density at radius 2 is 1.90 bits per heavy atom. The minimum absolute atomic E-state index is 0.143. The molecule has 0 unspecified atom stereocenters. The molecule has 0 spiro atoms. The molecule has 0 N–H and O–H groups in total. The first kappa shape index (κ1) is 25.8. The zero-order chi connectivity index (χ0) is 22.4. The van der Waals surface area contributed by atoms with E-state index in [0.717, 1.165) is 22.0 Å². The van der Waals surface area contributed by atoms with E-state index in [1.54, 1.807) is 22.8 Å². The van der Waals surface area contributed by atoms with Crippen molar-refractivity contribution in [3.05, 3.63) is 89.7 Å². The topological polar surface area (TPSA) is 43.2 Å². The summed E-state index contributed by atoms with van der Waals surface area (Å²) in [5.74, 6) is -0.189. The minimum atomic E-state index is -0.549. The molecule has 4 rings (SSSR count).